The summed E-state index contributed by atoms with van der Waals surface area (Å²) in [7, 11) is -1.24. The van der Waals surface area contributed by atoms with E-state index in [9.17, 15) is 5.11 Å². The molecule has 1 aromatic heterocycles. The van der Waals surface area contributed by atoms with Crippen molar-refractivity contribution in [1.29, 1.82) is 0 Å². The average molecular weight is 806 g/mol. The first-order valence-electron chi connectivity index (χ1n) is 20.5. The van der Waals surface area contributed by atoms with E-state index < -0.39 is 49.1 Å². The number of Topliss-reactive ketones (excluding diaryl/α,β-unsaturated/α-hetero) is 2. The van der Waals surface area contributed by atoms with E-state index in [4.69, 9.17) is 28.9 Å². The zero-order chi connectivity index (χ0) is 41.1. The summed E-state index contributed by atoms with van der Waals surface area (Å²) in [4.78, 5) is 33.3. The van der Waals surface area contributed by atoms with Gasteiger partial charge in [0.25, 0.3) is 5.88 Å². The van der Waals surface area contributed by atoms with Gasteiger partial charge in [-0.15, -0.1) is 0 Å². The van der Waals surface area contributed by atoms with Gasteiger partial charge in [0.2, 0.25) is 5.78 Å². The summed E-state index contributed by atoms with van der Waals surface area (Å²) in [5, 5.41) is 16.8. The van der Waals surface area contributed by atoms with Crippen LogP contribution >= 0.6 is 0 Å². The van der Waals surface area contributed by atoms with Gasteiger partial charge in [0.05, 0.1) is 18.7 Å². The molecule has 0 spiro atoms. The van der Waals surface area contributed by atoms with Crippen LogP contribution in [0.25, 0.3) is 0 Å². The molecule has 0 radical (unpaired) electrons. The Morgan fingerprint density at radius 1 is 1.00 bits per heavy atom. The Kier molecular flexibility index (Phi) is 10.4. The van der Waals surface area contributed by atoms with Crippen LogP contribution in [-0.4, -0.2) is 60.8 Å². The molecule has 1 saturated heterocycles. The lowest BCUT2D eigenvalue weighted by Gasteiger charge is -2.53. The number of methoxy groups -OCH3 is 1. The van der Waals surface area contributed by atoms with Crippen LogP contribution in [0.15, 0.2) is 82.6 Å². The third kappa shape index (κ3) is 6.49. The Morgan fingerprint density at radius 2 is 1.66 bits per heavy atom. The lowest BCUT2D eigenvalue weighted by molar-refractivity contribution is -0.0273. The molecule has 306 valence electrons. The van der Waals surface area contributed by atoms with E-state index >= 15 is 9.59 Å². The molecule has 0 bridgehead atoms. The SMILES string of the molecule is CCN1CCCC1c1cc(OCc2ccccc2)c2c(c1OC)C[C@H]1C[C@H]3[C@H](N)c4onc(OCc5ccccc5)c4C(=O)C3(O[Si](C)(C)C(C)(C)C)C(O)=C1C2=O. The number of aliphatic hydroxyl groups excluding tert-OH is 1. The minimum absolute atomic E-state index is 0.0295. The number of ketones is 2. The summed E-state index contributed by atoms with van der Waals surface area (Å²) in [5.74, 6) is -1.43. The molecule has 2 heterocycles. The average Bonchev–Trinajstić information content (AvgIpc) is 3.87. The standard InChI is InChI=1S/C46H55N3O8Si/c1-8-49-21-15-20-33(49)30-24-34(54-25-27-16-11-9-12-17-27)36-31(40(30)53-5)22-29-23-32-38(47)41-37(44(48-56-41)55-26-28-18-13-10-14-19-28)43(52)46(32,42(51)35(29)39(36)50)57-58(6,7)45(2,3)4/h9-14,16-19,24,29,32-33,38,51H,8,15,20-23,25-26,47H2,1-7H3/t29-,32-,33?,38-,46?/m0/s1. The number of nitrogens with zero attached hydrogens (tertiary/aromatic N) is 2. The predicted octanol–water partition coefficient (Wildman–Crippen LogP) is 8.84. The van der Waals surface area contributed by atoms with Crippen molar-refractivity contribution in [2.24, 2.45) is 17.6 Å². The smallest absolute Gasteiger partial charge is 0.265 e. The van der Waals surface area contributed by atoms with Crippen LogP contribution in [0.3, 0.4) is 0 Å². The Hall–Kier alpha value is -4.75. The van der Waals surface area contributed by atoms with Gasteiger partial charge < -0.3 is 34.0 Å². The van der Waals surface area contributed by atoms with Gasteiger partial charge in [-0.25, -0.2) is 0 Å². The van der Waals surface area contributed by atoms with E-state index in [-0.39, 0.29) is 53.5 Å². The first-order valence-corrected chi connectivity index (χ1v) is 23.4. The molecule has 11 nitrogen and oxygen atoms in total. The van der Waals surface area contributed by atoms with E-state index in [1.807, 2.05) is 79.8 Å². The fourth-order valence-corrected chi connectivity index (χ4v) is 10.8. The Morgan fingerprint density at radius 3 is 2.28 bits per heavy atom. The zero-order valence-electron chi connectivity index (χ0n) is 34.6. The highest BCUT2D eigenvalue weighted by Crippen LogP contribution is 2.59. The number of rotatable bonds is 11. The Balaban J connectivity index is 1.30. The number of hydrogen-bond acceptors (Lipinski definition) is 11. The number of benzene rings is 3. The number of carbonyl (C=O) groups is 2. The van der Waals surface area contributed by atoms with Crippen molar-refractivity contribution in [3.63, 3.8) is 0 Å². The number of likely N-dealkylation sites (tertiary alicyclic amines) is 1. The normalized spacial score (nSPS) is 24.6. The van der Waals surface area contributed by atoms with Gasteiger partial charge in [-0.2, -0.15) is 0 Å². The molecule has 2 unspecified atom stereocenters. The zero-order valence-corrected chi connectivity index (χ0v) is 35.6. The van der Waals surface area contributed by atoms with Crippen LogP contribution in [-0.2, 0) is 24.1 Å². The molecular formula is C46H55N3O8Si. The van der Waals surface area contributed by atoms with Crippen molar-refractivity contribution in [1.82, 2.24) is 10.1 Å². The van der Waals surface area contributed by atoms with Crippen molar-refractivity contribution in [2.45, 2.75) is 102 Å². The van der Waals surface area contributed by atoms with Crippen molar-refractivity contribution >= 4 is 19.9 Å². The molecule has 1 fully saturated rings. The first kappa shape index (κ1) is 40.0. The molecule has 4 aliphatic rings. The molecule has 5 atom stereocenters. The molecule has 8 rings (SSSR count). The maximum absolute atomic E-state index is 15.4. The monoisotopic (exact) mass is 805 g/mol. The number of allylic oxidation sites excluding steroid dienone is 1. The van der Waals surface area contributed by atoms with E-state index in [2.05, 4.69) is 37.8 Å². The highest BCUT2D eigenvalue weighted by Gasteiger charge is 2.66. The Labute approximate surface area is 341 Å². The lowest BCUT2D eigenvalue weighted by Crippen LogP contribution is -2.64. The van der Waals surface area contributed by atoms with Crippen LogP contribution in [0.1, 0.15) is 108 Å². The summed E-state index contributed by atoms with van der Waals surface area (Å²) in [6, 6.07) is 20.5. The van der Waals surface area contributed by atoms with Crippen LogP contribution in [0.5, 0.6) is 17.4 Å². The summed E-state index contributed by atoms with van der Waals surface area (Å²) in [6.45, 7) is 14.6. The second-order valence-corrected chi connectivity index (χ2v) is 22.4. The van der Waals surface area contributed by atoms with Crippen LogP contribution < -0.4 is 19.9 Å². The van der Waals surface area contributed by atoms with Crippen molar-refractivity contribution in [2.75, 3.05) is 20.2 Å². The third-order valence-electron chi connectivity index (χ3n) is 13.4. The number of aliphatic hydroxyl groups is 1. The van der Waals surface area contributed by atoms with E-state index in [0.717, 1.165) is 48.2 Å². The van der Waals surface area contributed by atoms with Gasteiger partial charge in [0.15, 0.2) is 25.5 Å². The number of hydrogen-bond donors (Lipinski definition) is 2. The summed E-state index contributed by atoms with van der Waals surface area (Å²) < 4.78 is 32.0. The number of carbonyl (C=O) groups excluding carboxylic acids is 2. The van der Waals surface area contributed by atoms with Crippen molar-refractivity contribution < 1.29 is 37.9 Å². The third-order valence-corrected chi connectivity index (χ3v) is 17.8. The maximum atomic E-state index is 15.4. The molecule has 12 heteroatoms. The van der Waals surface area contributed by atoms with Gasteiger partial charge in [0, 0.05) is 28.7 Å². The minimum Gasteiger partial charge on any atom is -0.508 e. The number of nitrogens with two attached hydrogens (primary N) is 1. The summed E-state index contributed by atoms with van der Waals surface area (Å²) in [5.41, 5.74) is 9.20. The van der Waals surface area contributed by atoms with Crippen molar-refractivity contribution in [3.05, 3.63) is 117 Å². The minimum atomic E-state index is -2.89. The molecule has 0 amide bonds. The number of ether oxygens (including phenoxy) is 3. The predicted molar refractivity (Wildman–Crippen MR) is 222 cm³/mol. The van der Waals surface area contributed by atoms with Gasteiger partial charge in [0.1, 0.15) is 36.0 Å². The van der Waals surface area contributed by atoms with Crippen LogP contribution in [0.2, 0.25) is 18.1 Å². The van der Waals surface area contributed by atoms with Gasteiger partial charge in [-0.3, -0.25) is 14.5 Å². The largest absolute Gasteiger partial charge is 0.508 e. The van der Waals surface area contributed by atoms with Gasteiger partial charge in [-0.1, -0.05) is 88.4 Å². The number of fused-ring (bicyclic) bond motifs is 4. The number of aromatic nitrogens is 1. The lowest BCUT2D eigenvalue weighted by atomic mass is 9.59. The van der Waals surface area contributed by atoms with Crippen LogP contribution in [0.4, 0.5) is 0 Å². The Bertz CT molecular complexity index is 2250. The van der Waals surface area contributed by atoms with Gasteiger partial charge in [-0.05, 0) is 85.2 Å². The molecular weight excluding hydrogens is 751 g/mol. The molecule has 58 heavy (non-hydrogen) atoms. The van der Waals surface area contributed by atoms with E-state index in [0.29, 0.717) is 23.5 Å². The molecule has 4 aromatic rings. The second-order valence-electron chi connectivity index (χ2n) is 17.7. The maximum Gasteiger partial charge on any atom is 0.265 e. The van der Waals surface area contributed by atoms with Crippen molar-refractivity contribution in [3.8, 4) is 17.4 Å². The molecule has 0 saturated carbocycles. The fourth-order valence-electron chi connectivity index (χ4n) is 9.39. The summed E-state index contributed by atoms with van der Waals surface area (Å²) in [6.07, 6.45) is 2.63. The summed E-state index contributed by atoms with van der Waals surface area (Å²) >= 11 is 0. The molecule has 3 aromatic carbocycles. The van der Waals surface area contributed by atoms with Crippen LogP contribution in [0, 0.1) is 11.8 Å². The fraction of sp³-hybridized carbons (Fsp3) is 0.457. The van der Waals surface area contributed by atoms with E-state index in [1.54, 1.807) is 7.11 Å². The molecule has 3 N–H and O–H groups in total. The van der Waals surface area contributed by atoms with E-state index in [1.165, 1.54) is 0 Å². The highest BCUT2D eigenvalue weighted by molar-refractivity contribution is 6.74. The second kappa shape index (κ2) is 15.1. The highest BCUT2D eigenvalue weighted by atomic mass is 28.4. The first-order chi connectivity index (χ1) is 27.7. The topological polar surface area (TPSA) is 147 Å². The van der Waals surface area contributed by atoms with Gasteiger partial charge >= 0.3 is 0 Å². The molecule has 3 aliphatic carbocycles. The molecule has 1 aliphatic heterocycles. The quantitative estimate of drug-likeness (QED) is 0.140.